The van der Waals surface area contributed by atoms with Crippen LogP contribution in [0.3, 0.4) is 0 Å². The number of aromatic nitrogens is 5. The lowest BCUT2D eigenvalue weighted by molar-refractivity contribution is 0.355. The van der Waals surface area contributed by atoms with Crippen LogP contribution >= 0.6 is 0 Å². The van der Waals surface area contributed by atoms with Gasteiger partial charge in [-0.15, -0.1) is 5.10 Å². The van der Waals surface area contributed by atoms with Crippen LogP contribution in [0.4, 0.5) is 0 Å². The lowest BCUT2D eigenvalue weighted by atomic mass is 10.2. The van der Waals surface area contributed by atoms with E-state index < -0.39 is 0 Å². The smallest absolute Gasteiger partial charge is 0.278 e. The highest BCUT2D eigenvalue weighted by Gasteiger charge is 2.12. The Hall–Kier alpha value is -2.61. The van der Waals surface area contributed by atoms with Crippen molar-refractivity contribution in [3.05, 3.63) is 46.3 Å². The lowest BCUT2D eigenvalue weighted by Crippen LogP contribution is -2.25. The van der Waals surface area contributed by atoms with Crippen molar-refractivity contribution in [2.24, 2.45) is 0 Å². The maximum absolute atomic E-state index is 12.3. The van der Waals surface area contributed by atoms with Crippen molar-refractivity contribution < 1.29 is 4.52 Å². The van der Waals surface area contributed by atoms with Crippen molar-refractivity contribution in [3.8, 4) is 0 Å². The van der Waals surface area contributed by atoms with Gasteiger partial charge >= 0.3 is 0 Å². The number of fused-ring (bicyclic) bond motifs is 1. The molecule has 0 spiro atoms. The molecule has 8 heteroatoms. The molecule has 3 aromatic rings. The van der Waals surface area contributed by atoms with E-state index in [1.165, 1.54) is 4.68 Å². The highest BCUT2D eigenvalue weighted by Crippen LogP contribution is 2.05. The van der Waals surface area contributed by atoms with Crippen molar-refractivity contribution in [2.75, 3.05) is 7.05 Å². The monoisotopic (exact) mass is 300 g/mol. The second-order valence-corrected chi connectivity index (χ2v) is 5.07. The summed E-state index contributed by atoms with van der Waals surface area (Å²) in [5, 5.41) is 15.4. The van der Waals surface area contributed by atoms with E-state index >= 15 is 0 Å². The molecular formula is C14H16N6O2. The zero-order valence-electron chi connectivity index (χ0n) is 12.4. The number of rotatable bonds is 5. The summed E-state index contributed by atoms with van der Waals surface area (Å²) in [5.41, 5.74) is 0.340. The van der Waals surface area contributed by atoms with Gasteiger partial charge in [-0.1, -0.05) is 22.5 Å². The molecular weight excluding hydrogens is 284 g/mol. The van der Waals surface area contributed by atoms with E-state index in [-0.39, 0.29) is 18.1 Å². The van der Waals surface area contributed by atoms with Crippen molar-refractivity contribution in [3.63, 3.8) is 0 Å². The number of likely N-dealkylation sites (N-methyl/N-ethyl adjacent to an activating group) is 1. The summed E-state index contributed by atoms with van der Waals surface area (Å²) >= 11 is 0. The van der Waals surface area contributed by atoms with Gasteiger partial charge in [0, 0.05) is 12.5 Å². The first-order valence-corrected chi connectivity index (χ1v) is 6.98. The van der Waals surface area contributed by atoms with Crippen LogP contribution in [0.5, 0.6) is 0 Å². The normalized spacial score (nSPS) is 12.6. The standard InChI is InChI=1S/C14H16N6O2/c1-9(15-2)7-12-16-13(22-18-12)8-20-14(21)10-5-3-4-6-11(10)17-19-20/h3-6,9,15H,7-8H2,1-2H3. The Morgan fingerprint density at radius 3 is 3.00 bits per heavy atom. The van der Waals surface area contributed by atoms with Gasteiger partial charge in [0.05, 0.1) is 5.39 Å². The van der Waals surface area contributed by atoms with E-state index in [2.05, 4.69) is 25.8 Å². The number of hydrogen-bond acceptors (Lipinski definition) is 7. The molecule has 3 rings (SSSR count). The highest BCUT2D eigenvalue weighted by molar-refractivity contribution is 5.76. The molecule has 0 radical (unpaired) electrons. The predicted molar refractivity (Wildman–Crippen MR) is 79.4 cm³/mol. The summed E-state index contributed by atoms with van der Waals surface area (Å²) in [6, 6.07) is 7.32. The van der Waals surface area contributed by atoms with E-state index in [1.807, 2.05) is 20.0 Å². The molecule has 2 aromatic heterocycles. The van der Waals surface area contributed by atoms with Gasteiger partial charge in [-0.3, -0.25) is 4.79 Å². The Bertz CT molecular complexity index is 840. The summed E-state index contributed by atoms with van der Waals surface area (Å²) in [6.45, 7) is 2.13. The Kier molecular flexibility index (Phi) is 3.92. The van der Waals surface area contributed by atoms with Crippen molar-refractivity contribution >= 4 is 10.9 Å². The summed E-state index contributed by atoms with van der Waals surface area (Å²) in [7, 11) is 1.87. The Morgan fingerprint density at radius 1 is 1.36 bits per heavy atom. The zero-order chi connectivity index (χ0) is 15.5. The molecule has 0 fully saturated rings. The number of benzene rings is 1. The second kappa shape index (κ2) is 6.02. The molecule has 0 amide bonds. The van der Waals surface area contributed by atoms with E-state index in [1.54, 1.807) is 18.2 Å². The summed E-state index contributed by atoms with van der Waals surface area (Å²) < 4.78 is 6.39. The minimum Gasteiger partial charge on any atom is -0.337 e. The third-order valence-corrected chi connectivity index (χ3v) is 3.41. The van der Waals surface area contributed by atoms with Crippen LogP contribution in [0.15, 0.2) is 33.6 Å². The SMILES string of the molecule is CNC(C)Cc1noc(Cn2nnc3ccccc3c2=O)n1. The average Bonchev–Trinajstić information content (AvgIpc) is 2.97. The van der Waals surface area contributed by atoms with Crippen molar-refractivity contribution in [1.29, 1.82) is 0 Å². The quantitative estimate of drug-likeness (QED) is 0.727. The van der Waals surface area contributed by atoms with Crippen LogP contribution in [-0.2, 0) is 13.0 Å². The molecule has 0 saturated heterocycles. The van der Waals surface area contributed by atoms with Gasteiger partial charge in [-0.25, -0.2) is 4.68 Å². The molecule has 1 N–H and O–H groups in total. The van der Waals surface area contributed by atoms with Crippen LogP contribution in [0.2, 0.25) is 0 Å². The first kappa shape index (κ1) is 14.3. The molecule has 1 atom stereocenters. The fourth-order valence-electron chi connectivity index (χ4n) is 2.07. The minimum absolute atomic E-state index is 0.109. The largest absolute Gasteiger partial charge is 0.337 e. The van der Waals surface area contributed by atoms with E-state index in [0.29, 0.717) is 29.0 Å². The Morgan fingerprint density at radius 2 is 2.18 bits per heavy atom. The Labute approximate surface area is 126 Å². The lowest BCUT2D eigenvalue weighted by Gasteiger charge is -2.04. The molecule has 1 unspecified atom stereocenters. The number of nitrogens with zero attached hydrogens (tertiary/aromatic N) is 5. The van der Waals surface area contributed by atoms with Gasteiger partial charge in [-0.05, 0) is 26.1 Å². The van der Waals surface area contributed by atoms with Gasteiger partial charge in [-0.2, -0.15) is 4.98 Å². The van der Waals surface area contributed by atoms with Crippen LogP contribution in [0, 0.1) is 0 Å². The van der Waals surface area contributed by atoms with Crippen molar-refractivity contribution in [1.82, 2.24) is 30.5 Å². The predicted octanol–water partition coefficient (Wildman–Crippen LogP) is 0.373. The number of hydrogen-bond donors (Lipinski definition) is 1. The fourth-order valence-corrected chi connectivity index (χ4v) is 2.07. The first-order chi connectivity index (χ1) is 10.7. The molecule has 1 aromatic carbocycles. The molecule has 0 saturated carbocycles. The minimum atomic E-state index is -0.228. The zero-order valence-corrected chi connectivity index (χ0v) is 12.4. The van der Waals surface area contributed by atoms with E-state index in [0.717, 1.165) is 0 Å². The molecule has 0 bridgehead atoms. The summed E-state index contributed by atoms with van der Waals surface area (Å²) in [5.74, 6) is 0.934. The average molecular weight is 300 g/mol. The molecule has 114 valence electrons. The number of nitrogens with one attached hydrogen (secondary N) is 1. The van der Waals surface area contributed by atoms with Gasteiger partial charge in [0.1, 0.15) is 12.1 Å². The molecule has 22 heavy (non-hydrogen) atoms. The second-order valence-electron chi connectivity index (χ2n) is 5.07. The maximum Gasteiger partial charge on any atom is 0.278 e. The summed E-state index contributed by atoms with van der Waals surface area (Å²) in [4.78, 5) is 16.6. The van der Waals surface area contributed by atoms with Crippen LogP contribution < -0.4 is 10.9 Å². The fraction of sp³-hybridized carbons (Fsp3) is 0.357. The third-order valence-electron chi connectivity index (χ3n) is 3.41. The molecule has 0 aliphatic rings. The first-order valence-electron chi connectivity index (χ1n) is 6.98. The molecule has 0 aliphatic carbocycles. The topological polar surface area (TPSA) is 98.7 Å². The van der Waals surface area contributed by atoms with Gasteiger partial charge in [0.25, 0.3) is 5.56 Å². The van der Waals surface area contributed by atoms with Gasteiger partial charge in [0.2, 0.25) is 5.89 Å². The molecule has 0 aliphatic heterocycles. The summed E-state index contributed by atoms with van der Waals surface area (Å²) in [6.07, 6.45) is 0.651. The Balaban J connectivity index is 1.84. The van der Waals surface area contributed by atoms with Crippen LogP contribution in [0.25, 0.3) is 10.9 Å². The van der Waals surface area contributed by atoms with Crippen molar-refractivity contribution in [2.45, 2.75) is 25.9 Å². The molecule has 8 nitrogen and oxygen atoms in total. The van der Waals surface area contributed by atoms with Crippen LogP contribution in [-0.4, -0.2) is 38.2 Å². The molecule has 2 heterocycles. The third kappa shape index (κ3) is 2.86. The van der Waals surface area contributed by atoms with E-state index in [4.69, 9.17) is 4.52 Å². The van der Waals surface area contributed by atoms with E-state index in [9.17, 15) is 4.79 Å². The van der Waals surface area contributed by atoms with Gasteiger partial charge in [0.15, 0.2) is 5.82 Å². The maximum atomic E-state index is 12.3. The highest BCUT2D eigenvalue weighted by atomic mass is 16.5. The van der Waals surface area contributed by atoms with Gasteiger partial charge < -0.3 is 9.84 Å². The van der Waals surface area contributed by atoms with Crippen LogP contribution in [0.1, 0.15) is 18.6 Å².